The van der Waals surface area contributed by atoms with Gasteiger partial charge in [-0.05, 0) is 90.4 Å². The number of nitrogens with one attached hydrogen (secondary N) is 4. The maximum Gasteiger partial charge on any atom is 0.323 e. The van der Waals surface area contributed by atoms with E-state index in [9.17, 15) is 40.3 Å². The van der Waals surface area contributed by atoms with Crippen molar-refractivity contribution in [2.75, 3.05) is 28.6 Å². The quantitative estimate of drug-likeness (QED) is 0.0925. The predicted molar refractivity (Wildman–Crippen MR) is 200 cm³/mol. The molecule has 4 aromatic carbocycles. The van der Waals surface area contributed by atoms with Crippen LogP contribution in [0.1, 0.15) is 37.4 Å². The van der Waals surface area contributed by atoms with Crippen LogP contribution in [0.5, 0.6) is 5.75 Å². The molecule has 0 spiro atoms. The number of hydrogen-bond donors (Lipinski definition) is 6. The van der Waals surface area contributed by atoms with Gasteiger partial charge in [0.25, 0.3) is 20.2 Å². The second-order valence-corrected chi connectivity index (χ2v) is 14.2. The van der Waals surface area contributed by atoms with Crippen LogP contribution in [0.2, 0.25) is 0 Å². The third kappa shape index (κ3) is 7.75. The fraction of sp³-hybridized carbons (Fsp3) is 0.0571. The largest absolute Gasteiger partial charge is 0.495 e. The summed E-state index contributed by atoms with van der Waals surface area (Å²) in [5.41, 5.74) is 6.20. The molecule has 0 bridgehead atoms. The van der Waals surface area contributed by atoms with Crippen LogP contribution in [-0.4, -0.2) is 62.1 Å². The van der Waals surface area contributed by atoms with Crippen molar-refractivity contribution >= 4 is 84.2 Å². The molecule has 0 saturated heterocycles. The van der Waals surface area contributed by atoms with E-state index in [4.69, 9.17) is 4.74 Å². The monoisotopic (exact) mass is 756 g/mol. The number of benzene rings is 4. The molecular weight excluding hydrogens is 729 g/mol. The number of fused-ring (bicyclic) bond motifs is 2. The lowest BCUT2D eigenvalue weighted by Crippen LogP contribution is -2.27. The van der Waals surface area contributed by atoms with E-state index in [-0.39, 0.29) is 33.6 Å². The lowest BCUT2D eigenvalue weighted by Gasteiger charge is -2.18. The van der Waals surface area contributed by atoms with Gasteiger partial charge in [-0.15, -0.1) is 0 Å². The Morgan fingerprint density at radius 1 is 0.660 bits per heavy atom. The number of rotatable bonds is 9. The van der Waals surface area contributed by atoms with Gasteiger partial charge in [0.15, 0.2) is 11.4 Å². The zero-order chi connectivity index (χ0) is 38.1. The molecular formula is C35H28N6O10S2. The number of amides is 2. The number of ketones is 2. The van der Waals surface area contributed by atoms with Gasteiger partial charge >= 0.3 is 6.03 Å². The zero-order valence-corrected chi connectivity index (χ0v) is 29.2. The number of nitrogens with zero attached hydrogens (tertiary/aromatic N) is 2. The van der Waals surface area contributed by atoms with Gasteiger partial charge in [-0.1, -0.05) is 30.3 Å². The van der Waals surface area contributed by atoms with Crippen LogP contribution >= 0.6 is 0 Å². The highest BCUT2D eigenvalue weighted by molar-refractivity contribution is 7.91. The van der Waals surface area contributed by atoms with E-state index in [1.807, 2.05) is 0 Å². The molecule has 0 saturated carbocycles. The second-order valence-electron chi connectivity index (χ2n) is 11.5. The summed E-state index contributed by atoms with van der Waals surface area (Å²) in [5, 5.41) is 13.0. The minimum atomic E-state index is -4.95. The number of methoxy groups -OCH3 is 1. The number of anilines is 4. The van der Waals surface area contributed by atoms with E-state index >= 15 is 0 Å². The Hall–Kier alpha value is -6.47. The van der Waals surface area contributed by atoms with Crippen molar-refractivity contribution in [3.05, 3.63) is 123 Å². The Balaban J connectivity index is 1.22. The Kier molecular flexibility index (Phi) is 9.78. The summed E-state index contributed by atoms with van der Waals surface area (Å²) >= 11 is 0. The van der Waals surface area contributed by atoms with Gasteiger partial charge in [-0.25, -0.2) is 4.79 Å². The molecule has 270 valence electrons. The highest BCUT2D eigenvalue weighted by Crippen LogP contribution is 2.31. The number of allylic oxidation sites excluding steroid dienone is 2. The fourth-order valence-electron chi connectivity index (χ4n) is 5.40. The molecule has 16 nitrogen and oxygen atoms in total. The second kappa shape index (κ2) is 14.3. The minimum Gasteiger partial charge on any atom is -0.495 e. The molecule has 0 aromatic heterocycles. The molecule has 6 N–H and O–H groups in total. The van der Waals surface area contributed by atoms with E-state index in [0.29, 0.717) is 17.1 Å². The number of hydrazone groups is 2. The van der Waals surface area contributed by atoms with Gasteiger partial charge in [-0.3, -0.25) is 29.5 Å². The minimum absolute atomic E-state index is 0.0294. The summed E-state index contributed by atoms with van der Waals surface area (Å²) in [6.45, 7) is 1.78. The molecule has 4 aromatic rings. The third-order valence-electron chi connectivity index (χ3n) is 7.96. The van der Waals surface area contributed by atoms with Crippen molar-refractivity contribution in [3.8, 4) is 5.75 Å². The van der Waals surface area contributed by atoms with Crippen LogP contribution in [-0.2, 0) is 20.2 Å². The van der Waals surface area contributed by atoms with Crippen LogP contribution in [0.25, 0.3) is 12.2 Å². The maximum atomic E-state index is 13.4. The normalized spacial score (nSPS) is 15.5. The average Bonchev–Trinajstić information content (AvgIpc) is 3.10. The number of carbonyl (C=O) groups excluding carboxylic acids is 3. The SMILES string of the molecule is COc1ccccc1N/N=C1/C(=O)c2ccc(NC(=O)Nc3ccc4c(c3)C=C(S(=O)(=O)O)/C(=N/Nc3ccccc3C)C4=O)cc2C=C1S(=O)(=O)O. The van der Waals surface area contributed by atoms with Crippen LogP contribution in [0.15, 0.2) is 105 Å². The number of carbonyl (C=O) groups is 3. The molecule has 0 heterocycles. The summed E-state index contributed by atoms with van der Waals surface area (Å²) in [4.78, 5) is 38.2. The summed E-state index contributed by atoms with van der Waals surface area (Å²) in [6.07, 6.45) is 2.09. The first-order valence-corrected chi connectivity index (χ1v) is 18.2. The molecule has 0 unspecified atom stereocenters. The Morgan fingerprint density at radius 2 is 1.11 bits per heavy atom. The molecule has 6 rings (SSSR count). The number of aryl methyl sites for hydroxylation is 1. The van der Waals surface area contributed by atoms with Gasteiger partial charge in [0.1, 0.15) is 15.6 Å². The summed E-state index contributed by atoms with van der Waals surface area (Å²) in [6, 6.07) is 20.8. The van der Waals surface area contributed by atoms with Gasteiger partial charge < -0.3 is 15.4 Å². The predicted octanol–water partition coefficient (Wildman–Crippen LogP) is 5.43. The lowest BCUT2D eigenvalue weighted by atomic mass is 9.94. The van der Waals surface area contributed by atoms with Crippen molar-refractivity contribution in [2.24, 2.45) is 10.2 Å². The molecule has 0 atom stereocenters. The summed E-state index contributed by atoms with van der Waals surface area (Å²) in [5.74, 6) is -1.26. The smallest absolute Gasteiger partial charge is 0.323 e. The number of para-hydroxylation sites is 3. The highest BCUT2D eigenvalue weighted by atomic mass is 32.2. The number of ether oxygens (including phenoxy) is 1. The Labute approximate surface area is 302 Å². The van der Waals surface area contributed by atoms with Gasteiger partial charge in [0.2, 0.25) is 11.6 Å². The van der Waals surface area contributed by atoms with Crippen LogP contribution in [0, 0.1) is 6.92 Å². The first kappa shape index (κ1) is 36.3. The van der Waals surface area contributed by atoms with E-state index in [0.717, 1.165) is 17.7 Å². The fourth-order valence-corrected chi connectivity index (χ4v) is 6.71. The zero-order valence-electron chi connectivity index (χ0n) is 27.6. The molecule has 0 fully saturated rings. The summed E-state index contributed by atoms with van der Waals surface area (Å²) < 4.78 is 74.3. The van der Waals surface area contributed by atoms with Crippen LogP contribution in [0.4, 0.5) is 27.5 Å². The molecule has 2 aliphatic rings. The van der Waals surface area contributed by atoms with E-state index in [2.05, 4.69) is 31.7 Å². The number of hydrogen-bond acceptors (Lipinski definition) is 12. The molecule has 53 heavy (non-hydrogen) atoms. The first-order valence-electron chi connectivity index (χ1n) is 15.3. The van der Waals surface area contributed by atoms with Gasteiger partial charge in [0, 0.05) is 22.5 Å². The average molecular weight is 757 g/mol. The topological polar surface area (TPSA) is 242 Å². The summed E-state index contributed by atoms with van der Waals surface area (Å²) in [7, 11) is -8.45. The maximum absolute atomic E-state index is 13.4. The molecule has 0 radical (unpaired) electrons. The molecule has 2 aliphatic carbocycles. The van der Waals surface area contributed by atoms with Crippen LogP contribution < -0.4 is 26.2 Å². The van der Waals surface area contributed by atoms with Gasteiger partial charge in [-0.2, -0.15) is 27.0 Å². The van der Waals surface area contributed by atoms with Crippen molar-refractivity contribution in [1.29, 1.82) is 0 Å². The van der Waals surface area contributed by atoms with E-state index in [1.54, 1.807) is 55.5 Å². The van der Waals surface area contributed by atoms with Crippen molar-refractivity contribution in [2.45, 2.75) is 6.92 Å². The standard InChI is InChI=1S/C35H28N6O10S2/c1-19-7-3-4-8-26(19)38-40-31-29(52(45,46)47)17-20-15-22(11-13-24(20)33(31)42)36-35(44)37-23-12-14-25-21(16-23)18-30(53(48,49)50)32(34(25)43)41-39-27-9-5-6-10-28(27)51-2/h3-18,38-39H,1-2H3,(H2,36,37,44)(H,45,46,47)(H,48,49,50)/b40-31-,41-32+. The highest BCUT2D eigenvalue weighted by Gasteiger charge is 2.34. The number of urea groups is 1. The van der Waals surface area contributed by atoms with Crippen molar-refractivity contribution in [1.82, 2.24) is 0 Å². The number of Topliss-reactive ketones (excluding diaryl/α,β-unsaturated/α-hetero) is 2. The lowest BCUT2D eigenvalue weighted by molar-refractivity contribution is 0.105. The Morgan fingerprint density at radius 3 is 1.58 bits per heavy atom. The van der Waals surface area contributed by atoms with E-state index < -0.39 is 59.1 Å². The van der Waals surface area contributed by atoms with Crippen LogP contribution in [0.3, 0.4) is 0 Å². The van der Waals surface area contributed by atoms with E-state index in [1.165, 1.54) is 43.5 Å². The molecule has 2 amide bonds. The molecule has 0 aliphatic heterocycles. The molecule has 18 heteroatoms. The Bertz CT molecular complexity index is 2580. The van der Waals surface area contributed by atoms with Crippen molar-refractivity contribution in [3.63, 3.8) is 0 Å². The van der Waals surface area contributed by atoms with Crippen molar-refractivity contribution < 1.29 is 45.1 Å². The third-order valence-corrected chi connectivity index (χ3v) is 9.70. The first-order chi connectivity index (χ1) is 25.1. The van der Waals surface area contributed by atoms with Gasteiger partial charge in [0.05, 0.1) is 18.5 Å².